The number of ether oxygens (including phenoxy) is 4. The number of hydrogen-bond donors (Lipinski definition) is 3. The van der Waals surface area contributed by atoms with E-state index >= 15 is 0 Å². The van der Waals surface area contributed by atoms with E-state index in [1.165, 1.54) is 154 Å². The molecule has 0 aliphatic carbocycles. The number of carbonyl (C=O) groups is 4. The molecule has 0 bridgehead atoms. The first-order valence-electron chi connectivity index (χ1n) is 34.7. The van der Waals surface area contributed by atoms with Gasteiger partial charge in [-0.15, -0.1) is 0 Å². The molecule has 17 nitrogen and oxygen atoms in total. The van der Waals surface area contributed by atoms with Crippen LogP contribution < -0.4 is 0 Å². The number of hydrogen-bond acceptors (Lipinski definition) is 15. The lowest BCUT2D eigenvalue weighted by Gasteiger charge is -2.21. The second-order valence-electron chi connectivity index (χ2n) is 24.1. The van der Waals surface area contributed by atoms with Gasteiger partial charge in [0.05, 0.1) is 26.4 Å². The fourth-order valence-corrected chi connectivity index (χ4v) is 11.5. The lowest BCUT2D eigenvalue weighted by atomic mass is 10.00. The maximum Gasteiger partial charge on any atom is 0.472 e. The van der Waals surface area contributed by atoms with Gasteiger partial charge in [0.1, 0.15) is 19.3 Å². The number of carbonyl (C=O) groups excluding carboxylic acids is 4. The predicted octanol–water partition coefficient (Wildman–Crippen LogP) is 18.6. The van der Waals surface area contributed by atoms with Crippen LogP contribution in [0.25, 0.3) is 0 Å². The van der Waals surface area contributed by atoms with E-state index in [-0.39, 0.29) is 25.7 Å². The van der Waals surface area contributed by atoms with Gasteiger partial charge in [-0.1, -0.05) is 285 Å². The molecule has 0 fully saturated rings. The predicted molar refractivity (Wildman–Crippen MR) is 340 cm³/mol. The van der Waals surface area contributed by atoms with Crippen molar-refractivity contribution in [2.45, 2.75) is 355 Å². The van der Waals surface area contributed by atoms with Gasteiger partial charge in [0, 0.05) is 25.7 Å². The number of phosphoric ester groups is 2. The Bertz CT molecular complexity index is 1650. The summed E-state index contributed by atoms with van der Waals surface area (Å²) in [6.45, 7) is 7.07. The number of esters is 4. The number of unbranched alkanes of at least 4 members (excludes halogenated alkanes) is 37. The zero-order valence-electron chi connectivity index (χ0n) is 54.7. The Morgan fingerprint density at radius 1 is 0.329 bits per heavy atom. The summed E-state index contributed by atoms with van der Waals surface area (Å²) < 4.78 is 67.9. The fraction of sp³-hybridized carbons (Fsp3) is 0.939. The quantitative estimate of drug-likeness (QED) is 0.0222. The summed E-state index contributed by atoms with van der Waals surface area (Å²) in [5, 5.41) is 10.5. The molecule has 504 valence electrons. The highest BCUT2D eigenvalue weighted by molar-refractivity contribution is 7.47. The zero-order chi connectivity index (χ0) is 62.8. The molecule has 85 heavy (non-hydrogen) atoms. The molecule has 0 aromatic heterocycles. The summed E-state index contributed by atoms with van der Waals surface area (Å²) in [6, 6.07) is 0. The molecule has 3 N–H and O–H groups in total. The third-order valence-corrected chi connectivity index (χ3v) is 17.5. The molecule has 3 unspecified atom stereocenters. The lowest BCUT2D eigenvalue weighted by Crippen LogP contribution is -2.30. The van der Waals surface area contributed by atoms with Crippen LogP contribution in [0.2, 0.25) is 0 Å². The van der Waals surface area contributed by atoms with E-state index in [2.05, 4.69) is 34.6 Å². The Kier molecular flexibility index (Phi) is 58.3. The maximum absolute atomic E-state index is 13.0. The van der Waals surface area contributed by atoms with E-state index in [1.54, 1.807) is 0 Å². The van der Waals surface area contributed by atoms with Crippen molar-refractivity contribution in [3.63, 3.8) is 0 Å². The molecule has 0 saturated heterocycles. The first kappa shape index (κ1) is 83.1. The van der Waals surface area contributed by atoms with Gasteiger partial charge < -0.3 is 33.8 Å². The van der Waals surface area contributed by atoms with Crippen LogP contribution in [0.15, 0.2) is 0 Å². The first-order valence-corrected chi connectivity index (χ1v) is 37.7. The Morgan fingerprint density at radius 2 is 0.565 bits per heavy atom. The molecule has 0 radical (unpaired) electrons. The summed E-state index contributed by atoms with van der Waals surface area (Å²) in [7, 11) is -9.88. The summed E-state index contributed by atoms with van der Waals surface area (Å²) in [6.07, 6.45) is 44.9. The van der Waals surface area contributed by atoms with Gasteiger partial charge in [0.15, 0.2) is 12.2 Å². The normalized spacial score (nSPS) is 14.5. The van der Waals surface area contributed by atoms with Crippen LogP contribution in [0, 0.1) is 5.92 Å². The first-order chi connectivity index (χ1) is 41.1. The van der Waals surface area contributed by atoms with Crippen LogP contribution in [-0.2, 0) is 65.4 Å². The van der Waals surface area contributed by atoms with Gasteiger partial charge in [-0.05, 0) is 31.6 Å². The molecular weight excluding hydrogens is 1130 g/mol. The second kappa shape index (κ2) is 59.7. The molecule has 0 rings (SSSR count). The number of rotatable bonds is 66. The van der Waals surface area contributed by atoms with Gasteiger partial charge in [-0.2, -0.15) is 0 Å². The Hall–Kier alpha value is -1.94. The molecule has 0 aromatic carbocycles. The van der Waals surface area contributed by atoms with E-state index in [0.29, 0.717) is 25.7 Å². The highest BCUT2D eigenvalue weighted by atomic mass is 31.2. The highest BCUT2D eigenvalue weighted by Crippen LogP contribution is 2.45. The molecule has 0 spiro atoms. The third kappa shape index (κ3) is 59.5. The van der Waals surface area contributed by atoms with Crippen molar-refractivity contribution in [2.24, 2.45) is 5.92 Å². The summed E-state index contributed by atoms with van der Waals surface area (Å²) in [5.41, 5.74) is 0. The van der Waals surface area contributed by atoms with E-state index in [1.807, 2.05) is 0 Å². The monoisotopic (exact) mass is 1250 g/mol. The number of phosphoric acid groups is 2. The van der Waals surface area contributed by atoms with Crippen LogP contribution in [0.1, 0.15) is 336 Å². The Balaban J connectivity index is 5.15. The lowest BCUT2D eigenvalue weighted by molar-refractivity contribution is -0.161. The third-order valence-electron chi connectivity index (χ3n) is 15.6. The minimum Gasteiger partial charge on any atom is -0.462 e. The topological polar surface area (TPSA) is 237 Å². The van der Waals surface area contributed by atoms with Crippen LogP contribution in [0.4, 0.5) is 0 Å². The zero-order valence-corrected chi connectivity index (χ0v) is 56.5. The SMILES string of the molecule is CCCCCCCCCCCCCCCCCCCCC(=O)O[C@H](COC(=O)CCCCCCCCCCCCCC)COP(=O)(O)OC[C@@H](O)COP(=O)(O)OC[C@@H](COC(=O)CCCCCCC)OC(=O)CCCCCCCCC(C)CC. The van der Waals surface area contributed by atoms with Crippen molar-refractivity contribution >= 4 is 39.5 Å². The van der Waals surface area contributed by atoms with E-state index in [9.17, 15) is 43.2 Å². The van der Waals surface area contributed by atoms with Gasteiger partial charge in [-0.25, -0.2) is 9.13 Å². The van der Waals surface area contributed by atoms with Crippen molar-refractivity contribution in [1.29, 1.82) is 0 Å². The van der Waals surface area contributed by atoms with Gasteiger partial charge in [0.2, 0.25) is 0 Å². The second-order valence-corrected chi connectivity index (χ2v) is 27.0. The van der Waals surface area contributed by atoms with Crippen molar-refractivity contribution in [2.75, 3.05) is 39.6 Å². The molecule has 0 heterocycles. The average molecular weight is 1260 g/mol. The molecule has 6 atom stereocenters. The largest absolute Gasteiger partial charge is 0.472 e. The summed E-state index contributed by atoms with van der Waals surface area (Å²) in [4.78, 5) is 72.0. The van der Waals surface area contributed by atoms with Crippen LogP contribution in [-0.4, -0.2) is 96.7 Å². The fourth-order valence-electron chi connectivity index (χ4n) is 9.90. The van der Waals surface area contributed by atoms with Gasteiger partial charge >= 0.3 is 39.5 Å². The standard InChI is InChI=1S/C66H128O17P2/c1-6-10-13-16-18-20-22-24-25-26-27-28-29-31-33-35-41-46-51-65(70)82-62(56-77-64(69)50-45-40-34-32-30-23-21-19-17-14-11-7-2)58-81-85(74,75)79-54-60(67)53-78-84(72,73)80-57-61(55-76-63(68)49-44-38-15-12-8-3)83-66(71)52-47-42-37-36-39-43-48-59(5)9-4/h59-62,67H,6-58H2,1-5H3,(H,72,73)(H,74,75)/t59?,60-,61+,62+/m0/s1. The van der Waals surface area contributed by atoms with Gasteiger partial charge in [-0.3, -0.25) is 37.3 Å². The molecule has 19 heteroatoms. The maximum atomic E-state index is 13.0. The molecule has 0 aliphatic heterocycles. The summed E-state index contributed by atoms with van der Waals surface area (Å²) in [5.74, 6) is -1.42. The number of aliphatic hydroxyl groups excluding tert-OH is 1. The Morgan fingerprint density at radius 3 is 0.835 bits per heavy atom. The van der Waals surface area contributed by atoms with Crippen molar-refractivity contribution in [3.05, 3.63) is 0 Å². The van der Waals surface area contributed by atoms with Crippen molar-refractivity contribution in [3.8, 4) is 0 Å². The van der Waals surface area contributed by atoms with Gasteiger partial charge in [0.25, 0.3) is 0 Å². The molecule has 0 aliphatic rings. The Labute approximate surface area is 517 Å². The van der Waals surface area contributed by atoms with E-state index in [0.717, 1.165) is 102 Å². The van der Waals surface area contributed by atoms with E-state index < -0.39 is 97.5 Å². The van der Waals surface area contributed by atoms with Crippen molar-refractivity contribution < 1.29 is 80.2 Å². The van der Waals surface area contributed by atoms with E-state index in [4.69, 9.17) is 37.0 Å². The molecule has 0 aromatic rings. The smallest absolute Gasteiger partial charge is 0.462 e. The highest BCUT2D eigenvalue weighted by Gasteiger charge is 2.30. The van der Waals surface area contributed by atoms with Crippen molar-refractivity contribution in [1.82, 2.24) is 0 Å². The minimum atomic E-state index is -4.94. The molecular formula is C66H128O17P2. The number of aliphatic hydroxyl groups is 1. The average Bonchev–Trinajstić information content (AvgIpc) is 3.58. The van der Waals surface area contributed by atoms with Crippen LogP contribution >= 0.6 is 15.6 Å². The molecule has 0 saturated carbocycles. The minimum absolute atomic E-state index is 0.102. The van der Waals surface area contributed by atoms with Crippen LogP contribution in [0.3, 0.4) is 0 Å². The summed E-state index contributed by atoms with van der Waals surface area (Å²) >= 11 is 0. The molecule has 0 amide bonds. The van der Waals surface area contributed by atoms with Crippen LogP contribution in [0.5, 0.6) is 0 Å².